The summed E-state index contributed by atoms with van der Waals surface area (Å²) in [7, 11) is 0. The van der Waals surface area contributed by atoms with Gasteiger partial charge in [0, 0.05) is 18.3 Å². The summed E-state index contributed by atoms with van der Waals surface area (Å²) in [6.07, 6.45) is 4.23. The van der Waals surface area contributed by atoms with Crippen LogP contribution < -0.4 is 0 Å². The number of amides is 2. The van der Waals surface area contributed by atoms with Crippen LogP contribution in [0, 0.1) is 10.8 Å². The number of thioether (sulfide) groups is 1. The normalized spacial score (nSPS) is 34.9. The number of hydrogen-bond donors (Lipinski definition) is 0. The van der Waals surface area contributed by atoms with Crippen molar-refractivity contribution in [3.8, 4) is 0 Å². The van der Waals surface area contributed by atoms with Crippen molar-refractivity contribution in [1.82, 2.24) is 9.80 Å². The highest BCUT2D eigenvalue weighted by Gasteiger charge is 2.53. The Labute approximate surface area is 170 Å². The van der Waals surface area contributed by atoms with Gasteiger partial charge in [0.1, 0.15) is 6.04 Å². The Kier molecular flexibility index (Phi) is 4.86. The van der Waals surface area contributed by atoms with Crippen LogP contribution in [0.4, 0.5) is 0 Å². The average molecular weight is 407 g/mol. The lowest BCUT2D eigenvalue weighted by molar-refractivity contribution is -0.136. The minimum Gasteiger partial charge on any atom is -0.337 e. The quantitative estimate of drug-likeness (QED) is 0.744. The molecule has 2 aliphatic heterocycles. The molecule has 4 atom stereocenters. The Morgan fingerprint density at radius 2 is 2.04 bits per heavy atom. The summed E-state index contributed by atoms with van der Waals surface area (Å²) in [4.78, 5) is 31.5. The van der Waals surface area contributed by atoms with E-state index in [4.69, 9.17) is 0 Å². The molecule has 27 heavy (non-hydrogen) atoms. The molecular formula is C21H30N2O2S2. The van der Waals surface area contributed by atoms with Crippen LogP contribution >= 0.6 is 23.1 Å². The highest BCUT2D eigenvalue weighted by molar-refractivity contribution is 8.00. The van der Waals surface area contributed by atoms with Crippen molar-refractivity contribution < 1.29 is 9.59 Å². The van der Waals surface area contributed by atoms with Crippen LogP contribution in [0.5, 0.6) is 0 Å². The molecule has 0 N–H and O–H groups in total. The second-order valence-electron chi connectivity index (χ2n) is 9.58. The lowest BCUT2D eigenvalue weighted by Crippen LogP contribution is -2.52. The number of carbonyl (C=O) groups excluding carboxylic acids is 2. The van der Waals surface area contributed by atoms with Crippen LogP contribution in [-0.4, -0.2) is 51.4 Å². The molecule has 4 rings (SSSR count). The van der Waals surface area contributed by atoms with Gasteiger partial charge in [-0.1, -0.05) is 33.8 Å². The number of nitrogens with zero attached hydrogens (tertiary/aromatic N) is 2. The molecule has 148 valence electrons. The first-order valence-electron chi connectivity index (χ1n) is 10.0. The molecule has 4 unspecified atom stereocenters. The molecule has 1 aliphatic carbocycles. The van der Waals surface area contributed by atoms with Crippen molar-refractivity contribution in [3.63, 3.8) is 0 Å². The first-order valence-corrected chi connectivity index (χ1v) is 11.9. The summed E-state index contributed by atoms with van der Waals surface area (Å²) in [5.41, 5.74) is 0.510. The largest absolute Gasteiger partial charge is 0.337 e. The van der Waals surface area contributed by atoms with Gasteiger partial charge in [-0.2, -0.15) is 0 Å². The number of fused-ring (bicyclic) bond motifs is 2. The first kappa shape index (κ1) is 19.3. The second kappa shape index (κ2) is 6.80. The summed E-state index contributed by atoms with van der Waals surface area (Å²) in [6.45, 7) is 9.94. The number of hydrogen-bond acceptors (Lipinski definition) is 4. The van der Waals surface area contributed by atoms with E-state index in [2.05, 4.69) is 32.6 Å². The predicted octanol–water partition coefficient (Wildman–Crippen LogP) is 4.47. The van der Waals surface area contributed by atoms with E-state index in [9.17, 15) is 9.59 Å². The number of likely N-dealkylation sites (tertiary alicyclic amines) is 1. The van der Waals surface area contributed by atoms with E-state index < -0.39 is 0 Å². The molecule has 2 amide bonds. The minimum atomic E-state index is -0.319. The zero-order valence-corrected chi connectivity index (χ0v) is 18.4. The summed E-state index contributed by atoms with van der Waals surface area (Å²) in [5.74, 6) is 0.918. The minimum absolute atomic E-state index is 0.0221. The van der Waals surface area contributed by atoms with Crippen LogP contribution in [0.3, 0.4) is 0 Å². The molecule has 3 fully saturated rings. The Morgan fingerprint density at radius 1 is 1.26 bits per heavy atom. The topological polar surface area (TPSA) is 40.6 Å². The van der Waals surface area contributed by atoms with Gasteiger partial charge in [-0.05, 0) is 48.0 Å². The van der Waals surface area contributed by atoms with E-state index in [-0.39, 0.29) is 34.1 Å². The molecule has 4 nitrogen and oxygen atoms in total. The summed E-state index contributed by atoms with van der Waals surface area (Å²) in [5, 5.41) is 2.03. The molecule has 0 radical (unpaired) electrons. The predicted molar refractivity (Wildman–Crippen MR) is 112 cm³/mol. The van der Waals surface area contributed by atoms with Gasteiger partial charge in [0.05, 0.1) is 10.3 Å². The van der Waals surface area contributed by atoms with Crippen LogP contribution in [0.15, 0.2) is 17.5 Å². The van der Waals surface area contributed by atoms with Crippen molar-refractivity contribution >= 4 is 34.9 Å². The van der Waals surface area contributed by atoms with Gasteiger partial charge < -0.3 is 9.80 Å². The Balaban J connectivity index is 1.58. The van der Waals surface area contributed by atoms with E-state index in [1.807, 2.05) is 22.4 Å². The molecule has 1 aromatic rings. The van der Waals surface area contributed by atoms with E-state index in [1.54, 1.807) is 11.8 Å². The lowest BCUT2D eigenvalue weighted by atomic mass is 9.65. The van der Waals surface area contributed by atoms with Crippen LogP contribution in [0.1, 0.15) is 63.0 Å². The summed E-state index contributed by atoms with van der Waals surface area (Å²) >= 11 is 3.22. The van der Waals surface area contributed by atoms with Crippen LogP contribution in [-0.2, 0) is 4.79 Å². The molecule has 1 aromatic heterocycles. The van der Waals surface area contributed by atoms with Gasteiger partial charge >= 0.3 is 0 Å². The summed E-state index contributed by atoms with van der Waals surface area (Å²) < 4.78 is 0. The molecule has 6 heteroatoms. The van der Waals surface area contributed by atoms with Crippen molar-refractivity contribution in [2.45, 2.75) is 70.8 Å². The van der Waals surface area contributed by atoms with E-state index in [0.29, 0.717) is 6.04 Å². The monoisotopic (exact) mass is 406 g/mol. The third-order valence-corrected chi connectivity index (χ3v) is 8.70. The van der Waals surface area contributed by atoms with Crippen molar-refractivity contribution in [3.05, 3.63) is 22.4 Å². The van der Waals surface area contributed by atoms with E-state index in [0.717, 1.165) is 36.4 Å². The van der Waals surface area contributed by atoms with E-state index >= 15 is 0 Å². The third-order valence-electron chi connectivity index (χ3n) is 6.39. The Hall–Kier alpha value is -1.01. The molecule has 0 aromatic carbocycles. The highest BCUT2D eigenvalue weighted by atomic mass is 32.2. The Bertz CT molecular complexity index is 733. The Morgan fingerprint density at radius 3 is 2.70 bits per heavy atom. The van der Waals surface area contributed by atoms with Crippen molar-refractivity contribution in [2.24, 2.45) is 10.8 Å². The molecule has 2 saturated heterocycles. The van der Waals surface area contributed by atoms with Crippen LogP contribution in [0.2, 0.25) is 0 Å². The smallest absolute Gasteiger partial charge is 0.265 e. The standard InChI is InChI=1S/C21H30N2O2S2/c1-5-17-23(19(25)16-7-6-8-26-16)15(11-27-17)18(24)22-13-21(4)10-14(22)9-20(2,3)12-21/h6-8,14-15,17H,5,9-13H2,1-4H3. The molecule has 2 bridgehead atoms. The van der Waals surface area contributed by atoms with Crippen LogP contribution in [0.25, 0.3) is 0 Å². The fourth-order valence-electron chi connectivity index (χ4n) is 5.78. The molecule has 3 aliphatic rings. The first-order chi connectivity index (χ1) is 12.7. The number of rotatable bonds is 3. The maximum atomic E-state index is 13.6. The zero-order chi connectivity index (χ0) is 19.4. The van der Waals surface area contributed by atoms with Gasteiger partial charge in [0.15, 0.2) is 0 Å². The highest BCUT2D eigenvalue weighted by Crippen LogP contribution is 2.53. The van der Waals surface area contributed by atoms with Gasteiger partial charge in [0.2, 0.25) is 5.91 Å². The fourth-order valence-corrected chi connectivity index (χ4v) is 7.79. The molecule has 1 saturated carbocycles. The molecular weight excluding hydrogens is 376 g/mol. The SMILES string of the molecule is CCC1SCC(C(=O)N2CC3(C)CC2CC(C)(C)C3)N1C(=O)c1cccs1. The number of carbonyl (C=O) groups is 2. The third kappa shape index (κ3) is 3.44. The van der Waals surface area contributed by atoms with Crippen molar-refractivity contribution in [1.29, 1.82) is 0 Å². The van der Waals surface area contributed by atoms with Gasteiger partial charge in [-0.3, -0.25) is 9.59 Å². The molecule has 3 heterocycles. The fraction of sp³-hybridized carbons (Fsp3) is 0.714. The van der Waals surface area contributed by atoms with E-state index in [1.165, 1.54) is 17.8 Å². The van der Waals surface area contributed by atoms with Crippen molar-refractivity contribution in [2.75, 3.05) is 12.3 Å². The zero-order valence-electron chi connectivity index (χ0n) is 16.7. The summed E-state index contributed by atoms with van der Waals surface area (Å²) in [6, 6.07) is 3.79. The lowest BCUT2D eigenvalue weighted by Gasteiger charge is -2.39. The average Bonchev–Trinajstić information content (AvgIpc) is 3.29. The second-order valence-corrected chi connectivity index (χ2v) is 11.7. The van der Waals surface area contributed by atoms with Gasteiger partial charge in [-0.15, -0.1) is 23.1 Å². The number of thiophene rings is 1. The van der Waals surface area contributed by atoms with Gasteiger partial charge in [0.25, 0.3) is 5.91 Å². The van der Waals surface area contributed by atoms with Gasteiger partial charge in [-0.25, -0.2) is 0 Å². The maximum Gasteiger partial charge on any atom is 0.265 e. The molecule has 0 spiro atoms. The maximum absolute atomic E-state index is 13.6.